The number of hydrogen-bond donors (Lipinski definition) is 0. The van der Waals surface area contributed by atoms with Crippen LogP contribution < -0.4 is 0 Å². The van der Waals surface area contributed by atoms with Crippen LogP contribution >= 0.6 is 11.5 Å². The molecule has 0 amide bonds. The van der Waals surface area contributed by atoms with Gasteiger partial charge in [-0.2, -0.15) is 13.2 Å². The predicted molar refractivity (Wildman–Crippen MR) is 64.7 cm³/mol. The Kier molecular flexibility index (Phi) is 3.75. The second-order valence-electron chi connectivity index (χ2n) is 3.61. The Hall–Kier alpha value is -2.02. The smallest absolute Gasteiger partial charge is 0.289 e. The minimum Gasteiger partial charge on any atom is -0.289 e. The minimum atomic E-state index is -4.46. The third-order valence-electron chi connectivity index (χ3n) is 2.26. The van der Waals surface area contributed by atoms with Crippen molar-refractivity contribution in [2.45, 2.75) is 6.18 Å². The lowest BCUT2D eigenvalue weighted by atomic mass is 10.1. The van der Waals surface area contributed by atoms with Gasteiger partial charge in [0, 0.05) is 10.9 Å². The van der Waals surface area contributed by atoms with Gasteiger partial charge < -0.3 is 0 Å². The quantitative estimate of drug-likeness (QED) is 0.640. The summed E-state index contributed by atoms with van der Waals surface area (Å²) in [6.07, 6.45) is -1.88. The number of carbonyl (C=O) groups excluding carboxylic acids is 1. The van der Waals surface area contributed by atoms with E-state index in [0.717, 1.165) is 23.7 Å². The van der Waals surface area contributed by atoms with Crippen molar-refractivity contribution in [3.63, 3.8) is 0 Å². The highest BCUT2D eigenvalue weighted by molar-refractivity contribution is 7.03. The average molecular weight is 284 g/mol. The standard InChI is InChI=1S/C12H7F3N2OS/c13-12(14,15)9-3-1-2-8(6-9)11(18)5-4-10-7-19-17-16-10/h1-7H. The van der Waals surface area contributed by atoms with Gasteiger partial charge in [0.15, 0.2) is 5.78 Å². The molecule has 19 heavy (non-hydrogen) atoms. The average Bonchev–Trinajstić information content (AvgIpc) is 2.88. The molecule has 1 aromatic heterocycles. The number of hydrogen-bond acceptors (Lipinski definition) is 4. The van der Waals surface area contributed by atoms with Crippen LogP contribution in [0.5, 0.6) is 0 Å². The molecular weight excluding hydrogens is 277 g/mol. The molecule has 3 nitrogen and oxygen atoms in total. The van der Waals surface area contributed by atoms with Crippen LogP contribution in [0.15, 0.2) is 35.7 Å². The van der Waals surface area contributed by atoms with Gasteiger partial charge in [-0.25, -0.2) is 0 Å². The van der Waals surface area contributed by atoms with Crippen molar-refractivity contribution < 1.29 is 18.0 Å². The molecule has 0 saturated carbocycles. The second kappa shape index (κ2) is 5.31. The summed E-state index contributed by atoms with van der Waals surface area (Å²) in [5.74, 6) is -0.515. The van der Waals surface area contributed by atoms with Crippen LogP contribution in [0, 0.1) is 0 Å². The molecule has 0 N–H and O–H groups in total. The molecule has 1 aromatic carbocycles. The molecule has 0 atom stereocenters. The van der Waals surface area contributed by atoms with Gasteiger partial charge in [0.25, 0.3) is 0 Å². The number of aromatic nitrogens is 2. The Morgan fingerprint density at radius 2 is 2.11 bits per heavy atom. The lowest BCUT2D eigenvalue weighted by Gasteiger charge is -2.06. The largest absolute Gasteiger partial charge is 0.416 e. The highest BCUT2D eigenvalue weighted by Crippen LogP contribution is 2.29. The van der Waals surface area contributed by atoms with Crippen molar-refractivity contribution in [2.24, 2.45) is 0 Å². The molecule has 2 aromatic rings. The maximum Gasteiger partial charge on any atom is 0.416 e. The third kappa shape index (κ3) is 3.47. The van der Waals surface area contributed by atoms with Crippen LogP contribution in [0.2, 0.25) is 0 Å². The lowest BCUT2D eigenvalue weighted by Crippen LogP contribution is -2.06. The van der Waals surface area contributed by atoms with Crippen LogP contribution in [-0.4, -0.2) is 15.4 Å². The van der Waals surface area contributed by atoms with E-state index in [2.05, 4.69) is 9.59 Å². The van der Waals surface area contributed by atoms with Gasteiger partial charge in [-0.15, -0.1) is 5.10 Å². The molecule has 0 bridgehead atoms. The fourth-order valence-electron chi connectivity index (χ4n) is 1.35. The van der Waals surface area contributed by atoms with Gasteiger partial charge in [0.05, 0.1) is 11.3 Å². The zero-order valence-corrected chi connectivity index (χ0v) is 10.2. The molecule has 98 valence electrons. The molecule has 0 aliphatic carbocycles. The number of allylic oxidation sites excluding steroid dienone is 1. The molecule has 1 heterocycles. The van der Waals surface area contributed by atoms with E-state index in [-0.39, 0.29) is 5.56 Å². The Morgan fingerprint density at radius 3 is 2.74 bits per heavy atom. The maximum atomic E-state index is 12.5. The van der Waals surface area contributed by atoms with E-state index in [4.69, 9.17) is 0 Å². The Bertz CT molecular complexity index is 606. The number of benzene rings is 1. The number of alkyl halides is 3. The van der Waals surface area contributed by atoms with Gasteiger partial charge >= 0.3 is 6.18 Å². The zero-order chi connectivity index (χ0) is 13.9. The fourth-order valence-corrected chi connectivity index (χ4v) is 1.77. The first-order valence-corrected chi connectivity index (χ1v) is 5.97. The summed E-state index contributed by atoms with van der Waals surface area (Å²) < 4.78 is 41.1. The van der Waals surface area contributed by atoms with Gasteiger partial charge in [-0.05, 0) is 35.8 Å². The fraction of sp³-hybridized carbons (Fsp3) is 0.0833. The van der Waals surface area contributed by atoms with Crippen LogP contribution in [0.3, 0.4) is 0 Å². The molecule has 0 spiro atoms. The van der Waals surface area contributed by atoms with E-state index in [9.17, 15) is 18.0 Å². The second-order valence-corrected chi connectivity index (χ2v) is 4.22. The molecule has 2 rings (SSSR count). The monoisotopic (exact) mass is 284 g/mol. The maximum absolute atomic E-state index is 12.5. The topological polar surface area (TPSA) is 42.9 Å². The lowest BCUT2D eigenvalue weighted by molar-refractivity contribution is -0.137. The summed E-state index contributed by atoms with van der Waals surface area (Å²) in [5.41, 5.74) is -0.373. The third-order valence-corrected chi connectivity index (χ3v) is 2.78. The molecule has 0 unspecified atom stereocenters. The van der Waals surface area contributed by atoms with Crippen molar-refractivity contribution in [3.05, 3.63) is 52.5 Å². The summed E-state index contributed by atoms with van der Waals surface area (Å²) in [7, 11) is 0. The molecule has 7 heteroatoms. The first-order chi connectivity index (χ1) is 8.97. The number of nitrogens with zero attached hydrogens (tertiary/aromatic N) is 2. The normalized spacial score (nSPS) is 11.9. The van der Waals surface area contributed by atoms with E-state index in [1.807, 2.05) is 0 Å². The molecule has 0 radical (unpaired) electrons. The van der Waals surface area contributed by atoms with E-state index in [1.165, 1.54) is 24.3 Å². The van der Waals surface area contributed by atoms with Gasteiger partial charge in [0.2, 0.25) is 0 Å². The summed E-state index contributed by atoms with van der Waals surface area (Å²) in [5, 5.41) is 5.31. The first-order valence-electron chi connectivity index (χ1n) is 5.13. The van der Waals surface area contributed by atoms with Crippen LogP contribution in [-0.2, 0) is 6.18 Å². The summed E-state index contributed by atoms with van der Waals surface area (Å²) in [4.78, 5) is 11.7. The van der Waals surface area contributed by atoms with Crippen molar-refractivity contribution in [3.8, 4) is 0 Å². The molecule has 0 aliphatic heterocycles. The first kappa shape index (κ1) is 13.4. The Labute approximate surface area is 110 Å². The number of ketones is 1. The van der Waals surface area contributed by atoms with Crippen molar-refractivity contribution in [1.29, 1.82) is 0 Å². The summed E-state index contributed by atoms with van der Waals surface area (Å²) >= 11 is 1.12. The Balaban J connectivity index is 2.20. The SMILES string of the molecule is O=C(C=Cc1csnn1)c1cccc(C(F)(F)F)c1. The highest BCUT2D eigenvalue weighted by atomic mass is 32.1. The van der Waals surface area contributed by atoms with Gasteiger partial charge in [0.1, 0.15) is 0 Å². The predicted octanol–water partition coefficient (Wildman–Crippen LogP) is 3.45. The summed E-state index contributed by atoms with van der Waals surface area (Å²) in [6, 6.07) is 4.28. The van der Waals surface area contributed by atoms with Gasteiger partial charge in [-0.1, -0.05) is 16.6 Å². The number of rotatable bonds is 3. The zero-order valence-electron chi connectivity index (χ0n) is 9.39. The van der Waals surface area contributed by atoms with E-state index < -0.39 is 17.5 Å². The highest BCUT2D eigenvalue weighted by Gasteiger charge is 2.30. The van der Waals surface area contributed by atoms with Crippen LogP contribution in [0.25, 0.3) is 6.08 Å². The van der Waals surface area contributed by atoms with Gasteiger partial charge in [-0.3, -0.25) is 4.79 Å². The molecule has 0 aliphatic rings. The number of halogens is 3. The van der Waals surface area contributed by atoms with Crippen LogP contribution in [0.4, 0.5) is 13.2 Å². The number of carbonyl (C=O) groups is 1. The molecule has 0 fully saturated rings. The minimum absolute atomic E-state index is 0.0192. The van der Waals surface area contributed by atoms with Crippen LogP contribution in [0.1, 0.15) is 21.6 Å². The van der Waals surface area contributed by atoms with Crippen molar-refractivity contribution >= 4 is 23.4 Å². The van der Waals surface area contributed by atoms with E-state index >= 15 is 0 Å². The van der Waals surface area contributed by atoms with E-state index in [0.29, 0.717) is 5.69 Å². The van der Waals surface area contributed by atoms with E-state index in [1.54, 1.807) is 5.38 Å². The Morgan fingerprint density at radius 1 is 1.32 bits per heavy atom. The summed E-state index contributed by atoms with van der Waals surface area (Å²) in [6.45, 7) is 0. The molecular formula is C12H7F3N2OS. The molecule has 0 saturated heterocycles. The van der Waals surface area contributed by atoms with Crippen molar-refractivity contribution in [2.75, 3.05) is 0 Å². The van der Waals surface area contributed by atoms with Crippen molar-refractivity contribution in [1.82, 2.24) is 9.59 Å².